The van der Waals surface area contributed by atoms with Gasteiger partial charge in [0.05, 0.1) is 11.9 Å². The van der Waals surface area contributed by atoms with E-state index in [1.165, 1.54) is 24.3 Å². The number of hydrogen-bond donors (Lipinski definition) is 1. The summed E-state index contributed by atoms with van der Waals surface area (Å²) < 4.78 is 40.5. The fraction of sp³-hybridized carbons (Fsp3) is 0.421. The molecular weight excluding hydrogens is 375 g/mol. The van der Waals surface area contributed by atoms with Crippen molar-refractivity contribution in [3.63, 3.8) is 0 Å². The van der Waals surface area contributed by atoms with E-state index >= 15 is 0 Å². The van der Waals surface area contributed by atoms with Crippen LogP contribution in [0.3, 0.4) is 0 Å². The number of carboxylic acid groups (broad SMARTS) is 1. The highest BCUT2D eigenvalue weighted by atomic mass is 19.4. The molecule has 2 heterocycles. The number of carboxylic acids is 1. The number of fused-ring (bicyclic) bond motifs is 1. The topological polar surface area (TPSA) is 75.4 Å². The van der Waals surface area contributed by atoms with Crippen molar-refractivity contribution in [3.05, 3.63) is 47.3 Å². The van der Waals surface area contributed by atoms with Gasteiger partial charge in [0.1, 0.15) is 5.56 Å². The fourth-order valence-corrected chi connectivity index (χ4v) is 4.20. The highest BCUT2D eigenvalue weighted by Crippen LogP contribution is 2.62. The first-order chi connectivity index (χ1) is 13.0. The number of likely N-dealkylation sites (tertiary alicyclic amines) is 1. The lowest BCUT2D eigenvalue weighted by Gasteiger charge is -2.22. The molecule has 6 nitrogen and oxygen atoms in total. The Labute approximate surface area is 158 Å². The summed E-state index contributed by atoms with van der Waals surface area (Å²) in [6, 6.07) is 5.55. The van der Waals surface area contributed by atoms with Gasteiger partial charge in [-0.1, -0.05) is 13.8 Å². The third kappa shape index (κ3) is 2.76. The number of halogens is 3. The maximum Gasteiger partial charge on any atom is 0.434 e. The molecule has 9 heteroatoms. The molecule has 1 aliphatic carbocycles. The van der Waals surface area contributed by atoms with E-state index < -0.39 is 23.4 Å². The Kier molecular flexibility index (Phi) is 3.85. The standard InChI is InChI=1S/C19H18F3N3O3/c1-18(2)13-8-24(9-14(13)18)16(26)10-3-5-11(6-4-10)25-15(19(20,21)22)12(7-23-25)17(27)28/h3-7,13-14H,8-9H2,1-2H3,(H,27,28). The van der Waals surface area contributed by atoms with E-state index in [9.17, 15) is 22.8 Å². The van der Waals surface area contributed by atoms with Crippen LogP contribution >= 0.6 is 0 Å². The minimum absolute atomic E-state index is 0.0294. The molecule has 0 radical (unpaired) electrons. The van der Waals surface area contributed by atoms with E-state index in [0.717, 1.165) is 0 Å². The lowest BCUT2D eigenvalue weighted by Crippen LogP contribution is -2.32. The number of benzene rings is 1. The molecule has 28 heavy (non-hydrogen) atoms. The number of aromatic nitrogens is 2. The summed E-state index contributed by atoms with van der Waals surface area (Å²) >= 11 is 0. The molecule has 2 atom stereocenters. The first-order valence-electron chi connectivity index (χ1n) is 8.80. The Morgan fingerprint density at radius 3 is 2.21 bits per heavy atom. The Balaban J connectivity index is 1.58. The summed E-state index contributed by atoms with van der Waals surface area (Å²) in [5, 5.41) is 12.6. The molecule has 2 fully saturated rings. The summed E-state index contributed by atoms with van der Waals surface area (Å²) in [6.07, 6.45) is -4.22. The molecule has 4 rings (SSSR count). The summed E-state index contributed by atoms with van der Waals surface area (Å²) in [5.74, 6) is -0.856. The molecule has 1 aliphatic heterocycles. The van der Waals surface area contributed by atoms with Gasteiger partial charge in [-0.2, -0.15) is 18.3 Å². The molecule has 1 aromatic carbocycles. The van der Waals surface area contributed by atoms with Crippen molar-refractivity contribution < 1.29 is 27.9 Å². The van der Waals surface area contributed by atoms with Gasteiger partial charge in [0.25, 0.3) is 5.91 Å². The molecule has 1 N–H and O–H groups in total. The first kappa shape index (κ1) is 18.5. The number of aromatic carboxylic acids is 1. The summed E-state index contributed by atoms with van der Waals surface area (Å²) in [7, 11) is 0. The number of amides is 1. The smallest absolute Gasteiger partial charge is 0.434 e. The van der Waals surface area contributed by atoms with Crippen molar-refractivity contribution in [3.8, 4) is 5.69 Å². The van der Waals surface area contributed by atoms with Gasteiger partial charge in [0.2, 0.25) is 0 Å². The monoisotopic (exact) mass is 393 g/mol. The van der Waals surface area contributed by atoms with Crippen molar-refractivity contribution in [1.82, 2.24) is 14.7 Å². The zero-order chi connectivity index (χ0) is 20.4. The second-order valence-corrected chi connectivity index (χ2v) is 7.91. The van der Waals surface area contributed by atoms with E-state index in [2.05, 4.69) is 18.9 Å². The van der Waals surface area contributed by atoms with Gasteiger partial charge in [-0.05, 0) is 41.5 Å². The molecular formula is C19H18F3N3O3. The van der Waals surface area contributed by atoms with Crippen LogP contribution in [0.2, 0.25) is 0 Å². The van der Waals surface area contributed by atoms with E-state index in [4.69, 9.17) is 5.11 Å². The number of carbonyl (C=O) groups is 2. The Morgan fingerprint density at radius 1 is 1.14 bits per heavy atom. The molecule has 1 amide bonds. The molecule has 2 unspecified atom stereocenters. The zero-order valence-corrected chi connectivity index (χ0v) is 15.2. The maximum atomic E-state index is 13.3. The van der Waals surface area contributed by atoms with Gasteiger partial charge in [-0.3, -0.25) is 4.79 Å². The van der Waals surface area contributed by atoms with Crippen LogP contribution in [0.25, 0.3) is 5.69 Å². The minimum Gasteiger partial charge on any atom is -0.478 e. The molecule has 1 aromatic heterocycles. The van der Waals surface area contributed by atoms with Gasteiger partial charge in [0.15, 0.2) is 5.69 Å². The largest absolute Gasteiger partial charge is 0.478 e. The second-order valence-electron chi connectivity index (χ2n) is 7.91. The molecule has 1 saturated heterocycles. The van der Waals surface area contributed by atoms with Crippen LogP contribution in [-0.2, 0) is 6.18 Å². The number of piperidine rings is 1. The number of rotatable bonds is 3. The van der Waals surface area contributed by atoms with Crippen LogP contribution in [0.1, 0.15) is 40.3 Å². The predicted octanol–water partition coefficient (Wildman–Crippen LogP) is 3.32. The van der Waals surface area contributed by atoms with Gasteiger partial charge in [-0.15, -0.1) is 0 Å². The zero-order valence-electron chi connectivity index (χ0n) is 15.2. The maximum absolute atomic E-state index is 13.3. The highest BCUT2D eigenvalue weighted by molar-refractivity contribution is 5.94. The van der Waals surface area contributed by atoms with Crippen LogP contribution in [0.5, 0.6) is 0 Å². The summed E-state index contributed by atoms with van der Waals surface area (Å²) in [5.41, 5.74) is -1.60. The molecule has 148 valence electrons. The van der Waals surface area contributed by atoms with Crippen LogP contribution in [0.4, 0.5) is 13.2 Å². The normalized spacial score (nSPS) is 22.8. The molecule has 0 bridgehead atoms. The lowest BCUT2D eigenvalue weighted by atomic mass is 10.1. The van der Waals surface area contributed by atoms with Gasteiger partial charge < -0.3 is 10.0 Å². The number of alkyl halides is 3. The molecule has 2 aliphatic rings. The molecule has 2 aromatic rings. The predicted molar refractivity (Wildman–Crippen MR) is 92.2 cm³/mol. The summed E-state index contributed by atoms with van der Waals surface area (Å²) in [6.45, 7) is 5.76. The van der Waals surface area contributed by atoms with Crippen LogP contribution in [0, 0.1) is 17.3 Å². The third-order valence-corrected chi connectivity index (χ3v) is 6.04. The average molecular weight is 393 g/mol. The van der Waals surface area contributed by atoms with E-state index in [0.29, 0.717) is 41.4 Å². The fourth-order valence-electron chi connectivity index (χ4n) is 4.20. The third-order valence-electron chi connectivity index (χ3n) is 6.04. The molecule has 0 spiro atoms. The van der Waals surface area contributed by atoms with Gasteiger partial charge in [-0.25, -0.2) is 9.48 Å². The van der Waals surface area contributed by atoms with Crippen molar-refractivity contribution in [1.29, 1.82) is 0 Å². The second kappa shape index (κ2) is 5.83. The van der Waals surface area contributed by atoms with Crippen molar-refractivity contribution in [2.24, 2.45) is 17.3 Å². The SMILES string of the molecule is CC1(C)C2CN(C(=O)c3ccc(-n4ncc(C(=O)O)c4C(F)(F)F)cc3)CC21. The van der Waals surface area contributed by atoms with E-state index in [1.807, 2.05) is 0 Å². The van der Waals surface area contributed by atoms with Gasteiger partial charge in [0, 0.05) is 18.7 Å². The molecule has 1 saturated carbocycles. The number of hydrogen-bond acceptors (Lipinski definition) is 3. The van der Waals surface area contributed by atoms with Crippen molar-refractivity contribution >= 4 is 11.9 Å². The van der Waals surface area contributed by atoms with Crippen LogP contribution in [0.15, 0.2) is 30.5 Å². The number of carbonyl (C=O) groups excluding carboxylic acids is 1. The summed E-state index contributed by atoms with van der Waals surface area (Å²) in [4.78, 5) is 25.5. The first-order valence-corrected chi connectivity index (χ1v) is 8.80. The van der Waals surface area contributed by atoms with Crippen LogP contribution in [-0.4, -0.2) is 44.8 Å². The van der Waals surface area contributed by atoms with Gasteiger partial charge >= 0.3 is 12.1 Å². The highest BCUT2D eigenvalue weighted by Gasteiger charge is 2.62. The quantitative estimate of drug-likeness (QED) is 0.868. The van der Waals surface area contributed by atoms with E-state index in [-0.39, 0.29) is 17.0 Å². The Morgan fingerprint density at radius 2 is 1.71 bits per heavy atom. The number of nitrogens with zero attached hydrogens (tertiary/aromatic N) is 3. The van der Waals surface area contributed by atoms with E-state index in [1.54, 1.807) is 4.90 Å². The van der Waals surface area contributed by atoms with Crippen LogP contribution < -0.4 is 0 Å². The Hall–Kier alpha value is -2.84. The average Bonchev–Trinajstić information content (AvgIpc) is 3.09. The minimum atomic E-state index is -4.89. The van der Waals surface area contributed by atoms with Crippen molar-refractivity contribution in [2.75, 3.05) is 13.1 Å². The lowest BCUT2D eigenvalue weighted by molar-refractivity contribution is -0.143. The van der Waals surface area contributed by atoms with Crippen molar-refractivity contribution in [2.45, 2.75) is 20.0 Å². The Bertz CT molecular complexity index is 949.